The van der Waals surface area contributed by atoms with Gasteiger partial charge in [0, 0.05) is 44.2 Å². The van der Waals surface area contributed by atoms with Gasteiger partial charge in [0.15, 0.2) is 0 Å². The van der Waals surface area contributed by atoms with Gasteiger partial charge in [-0.3, -0.25) is 0 Å². The number of hydrogen-bond acceptors (Lipinski definition) is 2. The molecule has 2 aromatic heterocycles. The molecule has 10 aromatic carbocycles. The van der Waals surface area contributed by atoms with Crippen LogP contribution in [0, 0.1) is 0 Å². The highest BCUT2D eigenvalue weighted by Gasteiger charge is 2.22. The minimum Gasteiger partial charge on any atom is -0.455 e. The summed E-state index contributed by atoms with van der Waals surface area (Å²) in [5.41, 5.74) is 19.6. The highest BCUT2D eigenvalue weighted by molar-refractivity contribution is 6.08. The van der Waals surface area contributed by atoms with Gasteiger partial charge in [-0.05, 0) is 79.9 Å². The van der Waals surface area contributed by atoms with Gasteiger partial charge < -0.3 is 8.83 Å². The van der Waals surface area contributed by atoms with Crippen LogP contribution in [-0.4, -0.2) is 0 Å². The van der Waals surface area contributed by atoms with E-state index in [9.17, 15) is 0 Å². The van der Waals surface area contributed by atoms with Gasteiger partial charge in [0.05, 0.1) is 0 Å². The molecule has 0 bridgehead atoms. The average molecular weight is 843 g/mol. The minimum absolute atomic E-state index is 0.881. The molecule has 0 amide bonds. The summed E-state index contributed by atoms with van der Waals surface area (Å²) in [5.74, 6) is 1.76. The molecule has 66 heavy (non-hydrogen) atoms. The Bertz CT molecular complexity index is 3430. The third kappa shape index (κ3) is 7.12. The smallest absolute Gasteiger partial charge is 0.143 e. The fourth-order valence-corrected chi connectivity index (χ4v) is 9.55. The van der Waals surface area contributed by atoms with Crippen LogP contribution >= 0.6 is 0 Å². The molecule has 0 aliphatic rings. The second-order valence-corrected chi connectivity index (χ2v) is 16.8. The summed E-state index contributed by atoms with van der Waals surface area (Å²) in [4.78, 5) is 0. The fraction of sp³-hybridized carbons (Fsp3) is 0. The summed E-state index contributed by atoms with van der Waals surface area (Å²) in [6.45, 7) is 0. The summed E-state index contributed by atoms with van der Waals surface area (Å²) in [5, 5.41) is 2.20. The molecule has 0 unspecified atom stereocenters. The van der Waals surface area contributed by atoms with E-state index in [1.807, 2.05) is 12.1 Å². The van der Waals surface area contributed by atoms with Crippen molar-refractivity contribution in [1.29, 1.82) is 0 Å². The average Bonchev–Trinajstić information content (AvgIpc) is 4.00. The second-order valence-electron chi connectivity index (χ2n) is 16.8. The van der Waals surface area contributed by atoms with Crippen LogP contribution < -0.4 is 0 Å². The third-order valence-corrected chi connectivity index (χ3v) is 12.7. The molecule has 12 aromatic rings. The largest absolute Gasteiger partial charge is 0.455 e. The Morgan fingerprint density at radius 2 is 0.455 bits per heavy atom. The molecule has 0 spiro atoms. The van der Waals surface area contributed by atoms with E-state index >= 15 is 0 Å². The first kappa shape index (κ1) is 38.9. The maximum atomic E-state index is 6.88. The van der Waals surface area contributed by atoms with Crippen LogP contribution in [0.1, 0.15) is 0 Å². The van der Waals surface area contributed by atoms with Crippen molar-refractivity contribution in [3.8, 4) is 101 Å². The summed E-state index contributed by atoms with van der Waals surface area (Å²) < 4.78 is 13.8. The lowest BCUT2D eigenvalue weighted by atomic mass is 9.93. The summed E-state index contributed by atoms with van der Waals surface area (Å²) >= 11 is 0. The first-order valence-electron chi connectivity index (χ1n) is 22.5. The quantitative estimate of drug-likeness (QED) is 0.145. The van der Waals surface area contributed by atoms with Crippen molar-refractivity contribution in [2.45, 2.75) is 0 Å². The zero-order valence-corrected chi connectivity index (χ0v) is 36.1. The summed E-state index contributed by atoms with van der Waals surface area (Å²) in [6.07, 6.45) is 0. The lowest BCUT2D eigenvalue weighted by Gasteiger charge is -2.11. The zero-order chi connectivity index (χ0) is 43.8. The number of furan rings is 2. The SMILES string of the molecule is c1ccc(-c2oc3c(-c4cccc(-c5cccc(-c6cccc(-c7cccc(-c8cccc9c(-c%10ccccc%10)c(-c%10ccccc%10)oc89)c7)c6)c5)c4)cccc3c2-c2ccccc2)cc1. The molecule has 0 fully saturated rings. The molecule has 0 atom stereocenters. The van der Waals surface area contributed by atoms with Crippen molar-refractivity contribution >= 4 is 21.9 Å². The lowest BCUT2D eigenvalue weighted by molar-refractivity contribution is 0.633. The number of para-hydroxylation sites is 2. The first-order valence-corrected chi connectivity index (χ1v) is 22.5. The molecule has 0 saturated carbocycles. The molecular weight excluding hydrogens is 801 g/mol. The molecule has 0 N–H and O–H groups in total. The normalized spacial score (nSPS) is 11.3. The van der Waals surface area contributed by atoms with E-state index in [4.69, 9.17) is 8.83 Å². The van der Waals surface area contributed by atoms with E-state index in [1.54, 1.807) is 0 Å². The van der Waals surface area contributed by atoms with Gasteiger partial charge in [0.2, 0.25) is 0 Å². The highest BCUT2D eigenvalue weighted by Crippen LogP contribution is 2.46. The molecule has 12 rings (SSSR count). The van der Waals surface area contributed by atoms with Crippen molar-refractivity contribution in [2.24, 2.45) is 0 Å². The fourth-order valence-electron chi connectivity index (χ4n) is 9.55. The van der Waals surface area contributed by atoms with Gasteiger partial charge in [0.25, 0.3) is 0 Å². The van der Waals surface area contributed by atoms with E-state index in [2.05, 4.69) is 243 Å². The molecule has 2 heteroatoms. The number of hydrogen-bond donors (Lipinski definition) is 0. The number of fused-ring (bicyclic) bond motifs is 2. The zero-order valence-electron chi connectivity index (χ0n) is 36.1. The number of rotatable bonds is 9. The molecule has 2 nitrogen and oxygen atoms in total. The van der Waals surface area contributed by atoms with E-state index in [1.165, 1.54) is 0 Å². The molecule has 2 heterocycles. The predicted molar refractivity (Wildman–Crippen MR) is 275 cm³/mol. The van der Waals surface area contributed by atoms with Crippen LogP contribution in [0.2, 0.25) is 0 Å². The Morgan fingerprint density at radius 3 is 0.788 bits per heavy atom. The van der Waals surface area contributed by atoms with Crippen molar-refractivity contribution in [3.05, 3.63) is 255 Å². The molecule has 310 valence electrons. The summed E-state index contributed by atoms with van der Waals surface area (Å²) in [6, 6.07) is 90.3. The van der Waals surface area contributed by atoms with E-state index in [0.717, 1.165) is 122 Å². The first-order chi connectivity index (χ1) is 32.7. The van der Waals surface area contributed by atoms with Gasteiger partial charge in [-0.2, -0.15) is 0 Å². The Balaban J connectivity index is 0.886. The van der Waals surface area contributed by atoms with E-state index in [0.29, 0.717) is 0 Å². The van der Waals surface area contributed by atoms with Crippen LogP contribution in [0.5, 0.6) is 0 Å². The van der Waals surface area contributed by atoms with Crippen LogP contribution in [0.15, 0.2) is 264 Å². The molecule has 0 aliphatic carbocycles. The van der Waals surface area contributed by atoms with Crippen molar-refractivity contribution in [2.75, 3.05) is 0 Å². The topological polar surface area (TPSA) is 26.3 Å². The molecule has 0 saturated heterocycles. The van der Waals surface area contributed by atoms with Crippen LogP contribution in [0.3, 0.4) is 0 Å². The monoisotopic (exact) mass is 842 g/mol. The number of benzene rings is 10. The molecule has 0 aliphatic heterocycles. The van der Waals surface area contributed by atoms with Crippen molar-refractivity contribution in [1.82, 2.24) is 0 Å². The van der Waals surface area contributed by atoms with Gasteiger partial charge >= 0.3 is 0 Å². The maximum absolute atomic E-state index is 6.88. The standard InChI is InChI=1S/C64H42O2/c1-5-19-43(20-6-1)59-57-37-17-35-55(63(57)65-61(59)45-23-9-3-10-24-45)53-33-15-31-51(41-53)49-29-13-27-47(39-49)48-28-14-30-50(40-48)52-32-16-34-54(42-52)56-36-18-38-58-60(44-21-7-2-8-22-44)62(66-64(56)58)46-25-11-4-12-26-46/h1-42H. The third-order valence-electron chi connectivity index (χ3n) is 12.7. The van der Waals surface area contributed by atoms with Crippen molar-refractivity contribution < 1.29 is 8.83 Å². The Hall–Kier alpha value is -8.72. The molecule has 0 radical (unpaired) electrons. The summed E-state index contributed by atoms with van der Waals surface area (Å²) in [7, 11) is 0. The molecular formula is C64H42O2. The van der Waals surface area contributed by atoms with Gasteiger partial charge in [-0.25, -0.2) is 0 Å². The Kier molecular flexibility index (Phi) is 9.89. The van der Waals surface area contributed by atoms with Crippen LogP contribution in [0.4, 0.5) is 0 Å². The van der Waals surface area contributed by atoms with Crippen LogP contribution in [0.25, 0.3) is 122 Å². The van der Waals surface area contributed by atoms with Gasteiger partial charge in [-0.15, -0.1) is 0 Å². The Morgan fingerprint density at radius 1 is 0.197 bits per heavy atom. The maximum Gasteiger partial charge on any atom is 0.143 e. The van der Waals surface area contributed by atoms with E-state index in [-0.39, 0.29) is 0 Å². The lowest BCUT2D eigenvalue weighted by Crippen LogP contribution is -1.86. The Labute approximate surface area is 384 Å². The minimum atomic E-state index is 0.881. The van der Waals surface area contributed by atoms with Gasteiger partial charge in [0.1, 0.15) is 22.7 Å². The van der Waals surface area contributed by atoms with Crippen molar-refractivity contribution in [3.63, 3.8) is 0 Å². The van der Waals surface area contributed by atoms with Crippen LogP contribution in [-0.2, 0) is 0 Å². The highest BCUT2D eigenvalue weighted by atomic mass is 16.3. The van der Waals surface area contributed by atoms with E-state index < -0.39 is 0 Å². The van der Waals surface area contributed by atoms with Gasteiger partial charge in [-0.1, -0.05) is 231 Å². The second kappa shape index (κ2) is 16.8. The predicted octanol–water partition coefficient (Wildman–Crippen LogP) is 18.2.